The zero-order chi connectivity index (χ0) is 20.8. The van der Waals surface area contributed by atoms with E-state index >= 15 is 0 Å². The van der Waals surface area contributed by atoms with Gasteiger partial charge in [-0.1, -0.05) is 48.5 Å². The second-order valence-corrected chi connectivity index (χ2v) is 6.93. The molecule has 0 atom stereocenters. The smallest absolute Gasteiger partial charge is 0.310 e. The fourth-order valence-corrected chi connectivity index (χ4v) is 3.37. The van der Waals surface area contributed by atoms with Crippen molar-refractivity contribution in [2.24, 2.45) is 0 Å². The third-order valence-corrected chi connectivity index (χ3v) is 4.95. The van der Waals surface area contributed by atoms with Gasteiger partial charge in [0, 0.05) is 29.1 Å². The van der Waals surface area contributed by atoms with Gasteiger partial charge < -0.3 is 14.0 Å². The summed E-state index contributed by atoms with van der Waals surface area (Å²) in [4.78, 5) is 24.8. The molecule has 0 fully saturated rings. The highest BCUT2D eigenvalue weighted by molar-refractivity contribution is 5.99. The van der Waals surface area contributed by atoms with E-state index < -0.39 is 5.97 Å². The number of aryl methyl sites for hydroxylation is 1. The number of hydrogen-bond acceptors (Lipinski definition) is 4. The lowest BCUT2D eigenvalue weighted by molar-refractivity contribution is -0.141. The molecule has 0 amide bonds. The van der Waals surface area contributed by atoms with Crippen LogP contribution in [0.2, 0.25) is 0 Å². The third-order valence-electron chi connectivity index (χ3n) is 4.95. The third kappa shape index (κ3) is 4.93. The number of aromatic nitrogens is 1. The molecule has 150 valence electrons. The van der Waals surface area contributed by atoms with Gasteiger partial charge in [0.25, 0.3) is 0 Å². The van der Waals surface area contributed by atoms with Crippen LogP contribution in [0.5, 0.6) is 5.75 Å². The molecule has 0 N–H and O–H groups in total. The lowest BCUT2D eigenvalue weighted by Gasteiger charge is -2.10. The number of carbonyl (C=O) groups excluding carboxylic acids is 2. The van der Waals surface area contributed by atoms with Gasteiger partial charge in [-0.25, -0.2) is 0 Å². The highest BCUT2D eigenvalue weighted by Gasteiger charge is 2.18. The predicted molar refractivity (Wildman–Crippen MR) is 111 cm³/mol. The number of carbonyl (C=O) groups is 2. The van der Waals surface area contributed by atoms with Gasteiger partial charge in [0.15, 0.2) is 6.61 Å². The molecule has 3 rings (SSSR count). The molecule has 0 radical (unpaired) electrons. The van der Waals surface area contributed by atoms with Crippen LogP contribution in [0.25, 0.3) is 0 Å². The van der Waals surface area contributed by atoms with Gasteiger partial charge >= 0.3 is 5.97 Å². The Morgan fingerprint density at radius 3 is 2.38 bits per heavy atom. The van der Waals surface area contributed by atoms with Gasteiger partial charge in [-0.3, -0.25) is 9.59 Å². The van der Waals surface area contributed by atoms with E-state index in [1.54, 1.807) is 19.2 Å². The van der Waals surface area contributed by atoms with Gasteiger partial charge in [0.05, 0.1) is 13.5 Å². The number of para-hydroxylation sites is 1. The van der Waals surface area contributed by atoms with Crippen molar-refractivity contribution < 1.29 is 19.1 Å². The maximum atomic E-state index is 12.6. The van der Waals surface area contributed by atoms with Crippen LogP contribution < -0.4 is 4.74 Å². The van der Waals surface area contributed by atoms with Crippen molar-refractivity contribution in [1.29, 1.82) is 0 Å². The molecule has 0 spiro atoms. The van der Waals surface area contributed by atoms with Crippen LogP contribution in [0.15, 0.2) is 60.7 Å². The summed E-state index contributed by atoms with van der Waals surface area (Å²) in [5, 5.41) is 0. The summed E-state index contributed by atoms with van der Waals surface area (Å²) < 4.78 is 12.6. The normalized spacial score (nSPS) is 10.6. The second-order valence-electron chi connectivity index (χ2n) is 6.93. The van der Waals surface area contributed by atoms with Gasteiger partial charge in [0.1, 0.15) is 5.75 Å². The summed E-state index contributed by atoms with van der Waals surface area (Å²) in [6, 6.07) is 19.2. The van der Waals surface area contributed by atoms with Crippen molar-refractivity contribution in [3.8, 4) is 5.75 Å². The molecule has 1 heterocycles. The molecule has 5 heteroatoms. The Morgan fingerprint density at radius 1 is 0.966 bits per heavy atom. The van der Waals surface area contributed by atoms with Crippen molar-refractivity contribution in [3.63, 3.8) is 0 Å². The summed E-state index contributed by atoms with van der Waals surface area (Å²) in [6.45, 7) is 4.31. The summed E-state index contributed by atoms with van der Waals surface area (Å²) in [6.07, 6.45) is 0.0598. The van der Waals surface area contributed by atoms with E-state index in [9.17, 15) is 9.59 Å². The van der Waals surface area contributed by atoms with Crippen LogP contribution in [-0.4, -0.2) is 30.0 Å². The van der Waals surface area contributed by atoms with E-state index in [2.05, 4.69) is 16.7 Å². The number of Topliss-reactive ketones (excluding diaryl/α,β-unsaturated/α-hetero) is 1. The van der Waals surface area contributed by atoms with Crippen LogP contribution in [0, 0.1) is 13.8 Å². The Bertz CT molecular complexity index is 1000. The predicted octanol–water partition coefficient (Wildman–Crippen LogP) is 4.13. The summed E-state index contributed by atoms with van der Waals surface area (Å²) >= 11 is 0. The van der Waals surface area contributed by atoms with Gasteiger partial charge in [-0.15, -0.1) is 0 Å². The molecule has 0 unspecified atom stereocenters. The molecule has 2 aromatic carbocycles. The average Bonchev–Trinajstić information content (AvgIpc) is 3.01. The number of esters is 1. The summed E-state index contributed by atoms with van der Waals surface area (Å²) in [7, 11) is 1.55. The highest BCUT2D eigenvalue weighted by atomic mass is 16.5. The molecule has 29 heavy (non-hydrogen) atoms. The monoisotopic (exact) mass is 391 g/mol. The number of hydrogen-bond donors (Lipinski definition) is 0. The summed E-state index contributed by atoms with van der Waals surface area (Å²) in [5.41, 5.74) is 4.35. The average molecular weight is 391 g/mol. The number of ether oxygens (including phenoxy) is 2. The topological polar surface area (TPSA) is 57.5 Å². The van der Waals surface area contributed by atoms with Crippen LogP contribution in [0.3, 0.4) is 0 Å². The number of benzene rings is 2. The standard InChI is InChI=1S/C24H25NO4/c1-17-13-21(18(2)25(17)15-19-9-5-4-6-10-19)22(26)16-29-24(27)14-20-11-7-8-12-23(20)28-3/h4-13H,14-16H2,1-3H3. The van der Waals surface area contributed by atoms with Crippen molar-refractivity contribution in [2.75, 3.05) is 13.7 Å². The maximum Gasteiger partial charge on any atom is 0.310 e. The molecule has 0 aliphatic rings. The highest BCUT2D eigenvalue weighted by Crippen LogP contribution is 2.19. The first-order chi connectivity index (χ1) is 14.0. The Hall–Kier alpha value is -3.34. The SMILES string of the molecule is COc1ccccc1CC(=O)OCC(=O)c1cc(C)n(Cc2ccccc2)c1C. The van der Waals surface area contributed by atoms with Gasteiger partial charge in [0.2, 0.25) is 5.78 Å². The molecular weight excluding hydrogens is 366 g/mol. The summed E-state index contributed by atoms with van der Waals surface area (Å²) in [5.74, 6) is -0.0352. The second kappa shape index (κ2) is 9.24. The Balaban J connectivity index is 1.63. The molecule has 0 bridgehead atoms. The molecule has 3 aromatic rings. The first-order valence-electron chi connectivity index (χ1n) is 9.51. The number of ketones is 1. The van der Waals surface area contributed by atoms with E-state index in [1.165, 1.54) is 0 Å². The van der Waals surface area contributed by atoms with Gasteiger partial charge in [-0.2, -0.15) is 0 Å². The largest absolute Gasteiger partial charge is 0.496 e. The van der Waals surface area contributed by atoms with E-state index in [-0.39, 0.29) is 18.8 Å². The van der Waals surface area contributed by atoms with E-state index in [0.717, 1.165) is 22.5 Å². The van der Waals surface area contributed by atoms with Crippen molar-refractivity contribution in [1.82, 2.24) is 4.57 Å². The molecule has 0 aliphatic heterocycles. The Labute approximate surface area is 170 Å². The maximum absolute atomic E-state index is 12.6. The Morgan fingerprint density at radius 2 is 1.66 bits per heavy atom. The van der Waals surface area contributed by atoms with E-state index in [0.29, 0.717) is 17.9 Å². The van der Waals surface area contributed by atoms with Crippen molar-refractivity contribution >= 4 is 11.8 Å². The molecule has 0 aliphatic carbocycles. The molecule has 0 saturated carbocycles. The minimum atomic E-state index is -0.457. The lowest BCUT2D eigenvalue weighted by atomic mass is 10.1. The van der Waals surface area contributed by atoms with Gasteiger partial charge in [-0.05, 0) is 31.5 Å². The van der Waals surface area contributed by atoms with Crippen LogP contribution in [-0.2, 0) is 22.5 Å². The van der Waals surface area contributed by atoms with E-state index in [4.69, 9.17) is 9.47 Å². The fraction of sp³-hybridized carbons (Fsp3) is 0.250. The number of rotatable bonds is 8. The lowest BCUT2D eigenvalue weighted by Crippen LogP contribution is -2.16. The Kier molecular flexibility index (Phi) is 6.50. The zero-order valence-corrected chi connectivity index (χ0v) is 17.0. The molecular formula is C24H25NO4. The minimum Gasteiger partial charge on any atom is -0.496 e. The number of nitrogens with zero attached hydrogens (tertiary/aromatic N) is 1. The quantitative estimate of drug-likeness (QED) is 0.428. The first kappa shape index (κ1) is 20.4. The van der Waals surface area contributed by atoms with Crippen LogP contribution >= 0.6 is 0 Å². The molecule has 5 nitrogen and oxygen atoms in total. The molecule has 1 aromatic heterocycles. The molecule has 0 saturated heterocycles. The minimum absolute atomic E-state index is 0.0598. The van der Waals surface area contributed by atoms with Crippen LogP contribution in [0.4, 0.5) is 0 Å². The number of methoxy groups -OCH3 is 1. The van der Waals surface area contributed by atoms with Crippen LogP contribution in [0.1, 0.15) is 32.9 Å². The van der Waals surface area contributed by atoms with Crippen molar-refractivity contribution in [3.05, 3.63) is 88.7 Å². The zero-order valence-electron chi connectivity index (χ0n) is 17.0. The van der Waals surface area contributed by atoms with Crippen molar-refractivity contribution in [2.45, 2.75) is 26.8 Å². The fourth-order valence-electron chi connectivity index (χ4n) is 3.37. The first-order valence-corrected chi connectivity index (χ1v) is 9.51. The van der Waals surface area contributed by atoms with E-state index in [1.807, 2.05) is 50.2 Å².